The van der Waals surface area contributed by atoms with Crippen molar-refractivity contribution in [2.45, 2.75) is 43.4 Å². The summed E-state index contributed by atoms with van der Waals surface area (Å²) in [6, 6.07) is 3.38. The molecule has 2 aromatic heterocycles. The summed E-state index contributed by atoms with van der Waals surface area (Å²) in [7, 11) is -3.27. The second-order valence-electron chi connectivity index (χ2n) is 8.83. The molecule has 0 bridgehead atoms. The topological polar surface area (TPSA) is 108 Å². The maximum atomic E-state index is 12.2. The van der Waals surface area contributed by atoms with Gasteiger partial charge in [0.15, 0.2) is 15.7 Å². The number of nitrogens with zero attached hydrogens (tertiary/aromatic N) is 4. The molecular formula is C21H27F3N4O5S. The normalized spacial score (nSPS) is 21.6. The van der Waals surface area contributed by atoms with E-state index in [-0.39, 0.29) is 17.3 Å². The SMILES string of the molecule is CS(=O)(=O)c1ccc(OCC[C@@H]2C[C@@H]2C2CCN(c3nc(COCC(F)(F)F)no3)CC2)nc1. The zero-order valence-electron chi connectivity index (χ0n) is 18.7. The molecule has 1 saturated heterocycles. The molecule has 0 radical (unpaired) electrons. The molecule has 4 rings (SSSR count). The van der Waals surface area contributed by atoms with Crippen LogP contribution in [0.15, 0.2) is 27.7 Å². The Kier molecular flexibility index (Phi) is 7.31. The van der Waals surface area contributed by atoms with Crippen LogP contribution < -0.4 is 9.64 Å². The van der Waals surface area contributed by atoms with Gasteiger partial charge in [0.25, 0.3) is 0 Å². The Hall–Kier alpha value is -2.41. The van der Waals surface area contributed by atoms with E-state index in [1.807, 2.05) is 4.90 Å². The minimum Gasteiger partial charge on any atom is -0.478 e. The van der Waals surface area contributed by atoms with Gasteiger partial charge in [0.05, 0.1) is 11.5 Å². The zero-order chi connectivity index (χ0) is 24.3. The number of pyridine rings is 1. The Morgan fingerprint density at radius 1 is 1.24 bits per heavy atom. The Morgan fingerprint density at radius 2 is 2.00 bits per heavy atom. The van der Waals surface area contributed by atoms with Crippen molar-refractivity contribution in [2.24, 2.45) is 17.8 Å². The molecular weight excluding hydrogens is 477 g/mol. The van der Waals surface area contributed by atoms with Crippen molar-refractivity contribution < 1.29 is 35.6 Å². The van der Waals surface area contributed by atoms with Crippen LogP contribution >= 0.6 is 0 Å². The highest BCUT2D eigenvalue weighted by Gasteiger charge is 2.43. The molecule has 0 unspecified atom stereocenters. The van der Waals surface area contributed by atoms with Crippen molar-refractivity contribution in [3.63, 3.8) is 0 Å². The Morgan fingerprint density at radius 3 is 2.65 bits per heavy atom. The van der Waals surface area contributed by atoms with Crippen LogP contribution in [-0.2, 0) is 21.2 Å². The first-order valence-electron chi connectivity index (χ1n) is 11.1. The van der Waals surface area contributed by atoms with Crippen molar-refractivity contribution in [3.8, 4) is 5.88 Å². The maximum Gasteiger partial charge on any atom is 0.411 e. The average molecular weight is 505 g/mol. The summed E-state index contributed by atoms with van der Waals surface area (Å²) in [5.74, 6) is 2.38. The fraction of sp³-hybridized carbons (Fsp3) is 0.667. The summed E-state index contributed by atoms with van der Waals surface area (Å²) in [4.78, 5) is 10.3. The molecule has 0 amide bonds. The lowest BCUT2D eigenvalue weighted by molar-refractivity contribution is -0.177. The summed E-state index contributed by atoms with van der Waals surface area (Å²) in [6.45, 7) is 0.356. The number of anilines is 1. The molecule has 1 aliphatic heterocycles. The lowest BCUT2D eigenvalue weighted by atomic mass is 9.91. The van der Waals surface area contributed by atoms with Crippen LogP contribution in [0.4, 0.5) is 19.2 Å². The molecule has 9 nitrogen and oxygen atoms in total. The van der Waals surface area contributed by atoms with Gasteiger partial charge in [0.1, 0.15) is 13.2 Å². The summed E-state index contributed by atoms with van der Waals surface area (Å²) in [5.41, 5.74) is 0. The fourth-order valence-corrected chi connectivity index (χ4v) is 4.93. The summed E-state index contributed by atoms with van der Waals surface area (Å²) >= 11 is 0. The highest BCUT2D eigenvalue weighted by atomic mass is 32.2. The second kappa shape index (κ2) is 10.1. The molecule has 2 aromatic rings. The van der Waals surface area contributed by atoms with Gasteiger partial charge in [-0.25, -0.2) is 13.4 Å². The molecule has 2 atom stereocenters. The van der Waals surface area contributed by atoms with Gasteiger partial charge in [-0.2, -0.15) is 18.2 Å². The molecule has 1 aliphatic carbocycles. The van der Waals surface area contributed by atoms with E-state index < -0.39 is 22.6 Å². The van der Waals surface area contributed by atoms with Crippen LogP contribution in [0.5, 0.6) is 5.88 Å². The molecule has 3 heterocycles. The number of sulfone groups is 1. The number of rotatable bonds is 10. The predicted molar refractivity (Wildman–Crippen MR) is 114 cm³/mol. The minimum absolute atomic E-state index is 0.101. The molecule has 2 fully saturated rings. The van der Waals surface area contributed by atoms with E-state index in [1.54, 1.807) is 6.07 Å². The number of ether oxygens (including phenoxy) is 2. The third-order valence-corrected chi connectivity index (χ3v) is 7.32. The first-order valence-corrected chi connectivity index (χ1v) is 13.0. The van der Waals surface area contributed by atoms with Gasteiger partial charge in [-0.15, -0.1) is 0 Å². The first kappa shape index (κ1) is 24.7. The molecule has 13 heteroatoms. The number of hydrogen-bond donors (Lipinski definition) is 0. The van der Waals surface area contributed by atoms with Crippen LogP contribution in [0.2, 0.25) is 0 Å². The zero-order valence-corrected chi connectivity index (χ0v) is 19.5. The van der Waals surface area contributed by atoms with Crippen molar-refractivity contribution in [2.75, 3.05) is 37.5 Å². The average Bonchev–Trinajstić information content (AvgIpc) is 3.39. The Balaban J connectivity index is 1.14. The molecule has 0 spiro atoms. The largest absolute Gasteiger partial charge is 0.478 e. The lowest BCUT2D eigenvalue weighted by Crippen LogP contribution is -2.34. The van der Waals surface area contributed by atoms with Gasteiger partial charge in [0, 0.05) is 31.6 Å². The first-order chi connectivity index (χ1) is 16.1. The summed E-state index contributed by atoms with van der Waals surface area (Å²) < 4.78 is 74.9. The Bertz CT molecular complexity index is 1050. The molecule has 1 saturated carbocycles. The molecule has 0 aromatic carbocycles. The number of halogens is 3. The molecule has 0 N–H and O–H groups in total. The van der Waals surface area contributed by atoms with E-state index in [0.717, 1.165) is 45.0 Å². The van der Waals surface area contributed by atoms with Crippen LogP contribution in [0.25, 0.3) is 0 Å². The maximum absolute atomic E-state index is 12.2. The number of aromatic nitrogens is 3. The number of alkyl halides is 3. The van der Waals surface area contributed by atoms with Gasteiger partial charge >= 0.3 is 12.2 Å². The lowest BCUT2D eigenvalue weighted by Gasteiger charge is -2.30. The molecule has 188 valence electrons. The predicted octanol–water partition coefficient (Wildman–Crippen LogP) is 3.27. The van der Waals surface area contributed by atoms with Crippen molar-refractivity contribution in [1.82, 2.24) is 15.1 Å². The smallest absolute Gasteiger partial charge is 0.411 e. The van der Waals surface area contributed by atoms with Gasteiger partial charge in [0.2, 0.25) is 5.88 Å². The number of hydrogen-bond acceptors (Lipinski definition) is 9. The Labute approximate surface area is 195 Å². The molecule has 34 heavy (non-hydrogen) atoms. The van der Waals surface area contributed by atoms with Crippen LogP contribution in [0.1, 0.15) is 31.5 Å². The van der Waals surface area contributed by atoms with E-state index in [0.29, 0.717) is 36.3 Å². The highest BCUT2D eigenvalue weighted by molar-refractivity contribution is 7.90. The van der Waals surface area contributed by atoms with E-state index in [4.69, 9.17) is 9.26 Å². The van der Waals surface area contributed by atoms with Crippen molar-refractivity contribution in [1.29, 1.82) is 0 Å². The van der Waals surface area contributed by atoms with E-state index >= 15 is 0 Å². The quantitative estimate of drug-likeness (QED) is 0.482. The van der Waals surface area contributed by atoms with Crippen molar-refractivity contribution >= 4 is 15.9 Å². The third kappa shape index (κ3) is 6.81. The van der Waals surface area contributed by atoms with Gasteiger partial charge in [-0.1, -0.05) is 5.16 Å². The fourth-order valence-electron chi connectivity index (χ4n) is 4.38. The number of piperidine rings is 1. The third-order valence-electron chi connectivity index (χ3n) is 6.22. The van der Waals surface area contributed by atoms with Crippen LogP contribution in [0.3, 0.4) is 0 Å². The minimum atomic E-state index is -4.39. The standard InChI is InChI=1S/C21H27F3N4O5S/c1-34(29,30)16-2-3-19(25-11-16)32-9-6-15-10-17(15)14-4-7-28(8-5-14)20-26-18(27-33-20)12-31-13-21(22,23)24/h2-3,11,14-15,17H,4-10,12-13H2,1H3/t15-,17-/m1/s1. The summed E-state index contributed by atoms with van der Waals surface area (Å²) in [6.07, 6.45) is 2.11. The summed E-state index contributed by atoms with van der Waals surface area (Å²) in [5, 5.41) is 3.70. The van der Waals surface area contributed by atoms with Gasteiger partial charge in [-0.05, 0) is 49.5 Å². The van der Waals surface area contributed by atoms with E-state index in [1.165, 1.54) is 12.3 Å². The van der Waals surface area contributed by atoms with Crippen LogP contribution in [0, 0.1) is 17.8 Å². The van der Waals surface area contributed by atoms with Gasteiger partial charge < -0.3 is 18.9 Å². The highest BCUT2D eigenvalue weighted by Crippen LogP contribution is 2.49. The monoisotopic (exact) mass is 504 g/mol. The second-order valence-corrected chi connectivity index (χ2v) is 10.8. The van der Waals surface area contributed by atoms with Crippen LogP contribution in [-0.4, -0.2) is 62.3 Å². The molecule has 2 aliphatic rings. The van der Waals surface area contributed by atoms with Gasteiger partial charge in [-0.3, -0.25) is 0 Å². The van der Waals surface area contributed by atoms with Crippen molar-refractivity contribution in [3.05, 3.63) is 24.2 Å². The van der Waals surface area contributed by atoms with E-state index in [9.17, 15) is 21.6 Å². The van der Waals surface area contributed by atoms with E-state index in [2.05, 4.69) is 19.9 Å².